The van der Waals surface area contributed by atoms with E-state index in [0.29, 0.717) is 21.2 Å². The van der Waals surface area contributed by atoms with Crippen molar-refractivity contribution in [2.75, 3.05) is 12.3 Å². The maximum Gasteiger partial charge on any atom is 0.325 e. The molecule has 1 saturated heterocycles. The number of aromatic hydroxyl groups is 1. The van der Waals surface area contributed by atoms with Gasteiger partial charge in [-0.2, -0.15) is 0 Å². The van der Waals surface area contributed by atoms with Gasteiger partial charge >= 0.3 is 5.97 Å². The number of hydrogen-bond donors (Lipinski definition) is 3. The van der Waals surface area contributed by atoms with Gasteiger partial charge in [0, 0.05) is 14.9 Å². The SMILES string of the molecule is C[C@H]1O[C@@H](n2cnc3c(N)ncnc32)C[C@@H]1OC(=O)CNC(=O)c1cc([125I])c(N=[N+]=[N-])c([125I])c1O. The van der Waals surface area contributed by atoms with E-state index in [9.17, 15) is 14.7 Å². The maximum atomic E-state index is 12.6. The molecule has 4 rings (SSSR count). The third kappa shape index (κ3) is 5.04. The first-order valence-electron chi connectivity index (χ1n) is 10.0. The number of esters is 1. The molecule has 1 aliphatic heterocycles. The van der Waals surface area contributed by atoms with Gasteiger partial charge in [0.2, 0.25) is 0 Å². The average molecular weight is 701 g/mol. The standard InChI is InChI=1S/C19H17I2N9O5/c1-7-10(3-11(34-7)30-6-27-15-17(22)25-5-26-18(15)30)35-12(31)4-24-19(33)8-2-9(20)14(28-29-23)13(21)16(8)32/h2,5-7,10-11,32H,3-4H2,1H3,(H,24,33)(H2,22,25,26)/t7-,10+,11-/m1/s1/i20-2,21-2. The van der Waals surface area contributed by atoms with E-state index in [2.05, 4.69) is 30.3 Å². The molecule has 0 aliphatic carbocycles. The van der Waals surface area contributed by atoms with Crippen LogP contribution in [0.1, 0.15) is 29.9 Å². The van der Waals surface area contributed by atoms with Crippen molar-refractivity contribution < 1.29 is 24.2 Å². The van der Waals surface area contributed by atoms with Crippen molar-refractivity contribution >= 4 is 79.7 Å². The number of fused-ring (bicyclic) bond motifs is 1. The molecule has 35 heavy (non-hydrogen) atoms. The number of aromatic nitrogens is 4. The van der Waals surface area contributed by atoms with Crippen LogP contribution in [0.2, 0.25) is 0 Å². The van der Waals surface area contributed by atoms with E-state index in [1.807, 2.05) is 22.6 Å². The van der Waals surface area contributed by atoms with E-state index in [1.165, 1.54) is 12.4 Å². The lowest BCUT2D eigenvalue weighted by atomic mass is 10.1. The number of rotatable bonds is 6. The molecule has 0 radical (unpaired) electrons. The van der Waals surface area contributed by atoms with Crippen molar-refractivity contribution in [3.8, 4) is 5.75 Å². The average Bonchev–Trinajstić information content (AvgIpc) is 3.41. The van der Waals surface area contributed by atoms with E-state index in [1.54, 1.807) is 40.4 Å². The third-order valence-electron chi connectivity index (χ3n) is 5.26. The Morgan fingerprint density at radius 1 is 1.43 bits per heavy atom. The number of carbonyl (C=O) groups excluding carboxylic acids is 2. The molecule has 0 bridgehead atoms. The topological polar surface area (TPSA) is 203 Å². The quantitative estimate of drug-likeness (QED) is 0.114. The summed E-state index contributed by atoms with van der Waals surface area (Å²) in [5, 5.41) is 16.3. The lowest BCUT2D eigenvalue weighted by Crippen LogP contribution is -2.34. The Balaban J connectivity index is 1.38. The second-order valence-corrected chi connectivity index (χ2v) is 9.67. The van der Waals surface area contributed by atoms with Gasteiger partial charge in [-0.3, -0.25) is 14.2 Å². The number of halogens is 2. The molecule has 4 N–H and O–H groups in total. The van der Waals surface area contributed by atoms with Crippen molar-refractivity contribution in [3.05, 3.63) is 41.9 Å². The van der Waals surface area contributed by atoms with Crippen LogP contribution in [0.25, 0.3) is 21.6 Å². The second-order valence-electron chi connectivity index (χ2n) is 7.43. The largest absolute Gasteiger partial charge is 0.506 e. The smallest absolute Gasteiger partial charge is 0.325 e. The Morgan fingerprint density at radius 2 is 2.20 bits per heavy atom. The predicted octanol–water partition coefficient (Wildman–Crippen LogP) is 2.91. The van der Waals surface area contributed by atoms with Crippen molar-refractivity contribution in [2.45, 2.75) is 31.8 Å². The molecule has 182 valence electrons. The minimum absolute atomic E-state index is 0.0608. The van der Waals surface area contributed by atoms with Crippen LogP contribution >= 0.6 is 45.2 Å². The molecule has 1 fully saturated rings. The number of nitrogens with two attached hydrogens (primary N) is 1. The zero-order valence-electron chi connectivity index (χ0n) is 17.9. The summed E-state index contributed by atoms with van der Waals surface area (Å²) >= 11 is 3.66. The highest BCUT2D eigenvalue weighted by molar-refractivity contribution is 14.1. The zero-order valence-corrected chi connectivity index (χ0v) is 22.2. The summed E-state index contributed by atoms with van der Waals surface area (Å²) in [7, 11) is 0. The van der Waals surface area contributed by atoms with E-state index in [0.717, 1.165) is 0 Å². The lowest BCUT2D eigenvalue weighted by Gasteiger charge is -2.15. The number of ether oxygens (including phenoxy) is 2. The van der Waals surface area contributed by atoms with Crippen molar-refractivity contribution in [1.82, 2.24) is 24.8 Å². The molecule has 0 spiro atoms. The number of nitrogens with zero attached hydrogens (tertiary/aromatic N) is 7. The first-order valence-corrected chi connectivity index (χ1v) is 12.2. The third-order valence-corrected chi connectivity index (χ3v) is 7.10. The molecular weight excluding hydrogens is 684 g/mol. The van der Waals surface area contributed by atoms with Crippen LogP contribution in [0, 0.1) is 7.14 Å². The fraction of sp³-hybridized carbons (Fsp3) is 0.316. The Hall–Kier alpha value is -2.96. The number of carbonyl (C=O) groups is 2. The van der Waals surface area contributed by atoms with Gasteiger partial charge in [-0.1, -0.05) is 5.11 Å². The summed E-state index contributed by atoms with van der Waals surface area (Å²) in [6, 6.07) is 1.37. The first kappa shape index (κ1) is 25.1. The minimum Gasteiger partial charge on any atom is -0.506 e. The van der Waals surface area contributed by atoms with Crippen LogP contribution in [0.5, 0.6) is 5.75 Å². The molecule has 0 saturated carbocycles. The fourth-order valence-corrected chi connectivity index (χ4v) is 5.45. The van der Waals surface area contributed by atoms with Crippen molar-refractivity contribution in [1.29, 1.82) is 0 Å². The van der Waals surface area contributed by atoms with Crippen LogP contribution in [0.3, 0.4) is 0 Å². The molecule has 2 aromatic heterocycles. The number of amides is 1. The fourth-order valence-electron chi connectivity index (χ4n) is 3.55. The minimum atomic E-state index is -0.682. The molecule has 3 heterocycles. The second kappa shape index (κ2) is 10.3. The van der Waals surface area contributed by atoms with Crippen molar-refractivity contribution in [3.63, 3.8) is 0 Å². The van der Waals surface area contributed by atoms with Crippen LogP contribution < -0.4 is 11.1 Å². The first-order chi connectivity index (χ1) is 16.7. The van der Waals surface area contributed by atoms with Gasteiger partial charge in [0.15, 0.2) is 11.5 Å². The van der Waals surface area contributed by atoms with Crippen molar-refractivity contribution in [2.24, 2.45) is 5.11 Å². The monoisotopic (exact) mass is 701 g/mol. The molecule has 16 heteroatoms. The number of hydrogen-bond acceptors (Lipinski definition) is 10. The summed E-state index contributed by atoms with van der Waals surface area (Å²) < 4.78 is 13.8. The zero-order chi connectivity index (χ0) is 25.3. The van der Waals surface area contributed by atoms with Gasteiger partial charge in [-0.05, 0) is 63.7 Å². The van der Waals surface area contributed by atoms with Gasteiger partial charge in [0.25, 0.3) is 5.91 Å². The van der Waals surface area contributed by atoms with E-state index >= 15 is 0 Å². The summed E-state index contributed by atoms with van der Waals surface area (Å²) in [5.41, 5.74) is 15.6. The predicted molar refractivity (Wildman–Crippen MR) is 138 cm³/mol. The Bertz CT molecular complexity index is 1370. The summed E-state index contributed by atoms with van der Waals surface area (Å²) in [6.07, 6.45) is 1.75. The number of benzene rings is 1. The number of nitrogens with one attached hydrogen (secondary N) is 1. The van der Waals surface area contributed by atoms with E-state index in [4.69, 9.17) is 20.7 Å². The molecule has 3 aromatic rings. The van der Waals surface area contributed by atoms with Crippen LogP contribution in [-0.4, -0.2) is 55.3 Å². The van der Waals surface area contributed by atoms with Gasteiger partial charge in [-0.25, -0.2) is 15.0 Å². The molecule has 1 amide bonds. The molecule has 1 aliphatic rings. The Kier molecular flexibility index (Phi) is 7.43. The van der Waals surface area contributed by atoms with Crippen LogP contribution in [-0.2, 0) is 14.3 Å². The summed E-state index contributed by atoms with van der Waals surface area (Å²) in [5.74, 6) is -1.45. The molecular formula is C19H17I2N9O5. The molecule has 0 unspecified atom stereocenters. The highest BCUT2D eigenvalue weighted by Crippen LogP contribution is 2.37. The normalized spacial score (nSPS) is 19.3. The summed E-state index contributed by atoms with van der Waals surface area (Å²) in [6.45, 7) is 1.35. The van der Waals surface area contributed by atoms with Crippen LogP contribution in [0.15, 0.2) is 23.8 Å². The number of azide groups is 1. The highest BCUT2D eigenvalue weighted by Gasteiger charge is 2.37. The Labute approximate surface area is 224 Å². The van der Waals surface area contributed by atoms with E-state index < -0.39 is 36.9 Å². The number of nitrogen functional groups attached to an aromatic ring is 1. The van der Waals surface area contributed by atoms with E-state index in [-0.39, 0.29) is 26.4 Å². The maximum absolute atomic E-state index is 12.6. The molecule has 3 atom stereocenters. The Morgan fingerprint density at radius 3 is 2.94 bits per heavy atom. The highest BCUT2D eigenvalue weighted by atomic mass is 125. The number of imidazole rings is 1. The van der Waals surface area contributed by atoms with Gasteiger partial charge < -0.3 is 25.6 Å². The summed E-state index contributed by atoms with van der Waals surface area (Å²) in [4.78, 5) is 40.0. The molecule has 14 nitrogen and oxygen atoms in total. The number of phenolic OH excluding ortho intramolecular Hbond substituents is 1. The lowest BCUT2D eigenvalue weighted by molar-refractivity contribution is -0.150. The number of anilines is 1. The van der Waals surface area contributed by atoms with Gasteiger partial charge in [0.1, 0.15) is 36.5 Å². The van der Waals surface area contributed by atoms with Gasteiger partial charge in [0.05, 0.1) is 27.3 Å². The molecule has 1 aromatic carbocycles. The number of phenols is 1. The van der Waals surface area contributed by atoms with Crippen LogP contribution in [0.4, 0.5) is 11.5 Å². The van der Waals surface area contributed by atoms with Gasteiger partial charge in [-0.15, -0.1) is 0 Å².